The van der Waals surface area contributed by atoms with Gasteiger partial charge < -0.3 is 0 Å². The second kappa shape index (κ2) is 8.44. The molecule has 0 bridgehead atoms. The van der Waals surface area contributed by atoms with Gasteiger partial charge in [-0.3, -0.25) is 9.59 Å². The molecule has 0 atom stereocenters. The Hall–Kier alpha value is -2.22. The van der Waals surface area contributed by atoms with E-state index in [0.29, 0.717) is 11.5 Å². The van der Waals surface area contributed by atoms with Crippen molar-refractivity contribution in [3.05, 3.63) is 59.7 Å². The van der Waals surface area contributed by atoms with Crippen LogP contribution in [0.1, 0.15) is 74.2 Å². The van der Waals surface area contributed by atoms with Gasteiger partial charge in [0, 0.05) is 5.56 Å². The normalized spacial score (nSPS) is 19.9. The molecule has 3 rings (SSSR count). The van der Waals surface area contributed by atoms with E-state index >= 15 is 0 Å². The van der Waals surface area contributed by atoms with Crippen molar-refractivity contribution in [2.45, 2.75) is 58.3 Å². The van der Waals surface area contributed by atoms with Crippen LogP contribution in [0.25, 0.3) is 11.1 Å². The third-order valence-corrected chi connectivity index (χ3v) is 5.76. The Morgan fingerprint density at radius 2 is 1.38 bits per heavy atom. The van der Waals surface area contributed by atoms with E-state index in [1.165, 1.54) is 50.2 Å². The van der Waals surface area contributed by atoms with Crippen molar-refractivity contribution in [1.29, 1.82) is 0 Å². The van der Waals surface area contributed by atoms with Crippen LogP contribution < -0.4 is 0 Å². The predicted octanol–water partition coefficient (Wildman–Crippen LogP) is 6.20. The first-order valence-corrected chi connectivity index (χ1v) is 9.80. The minimum Gasteiger partial charge on any atom is -0.300 e. The molecule has 2 aromatic carbocycles. The van der Waals surface area contributed by atoms with Gasteiger partial charge in [0.25, 0.3) is 0 Å². The van der Waals surface area contributed by atoms with Gasteiger partial charge in [-0.15, -0.1) is 0 Å². The van der Waals surface area contributed by atoms with Crippen LogP contribution in [0.2, 0.25) is 0 Å². The van der Waals surface area contributed by atoms with Gasteiger partial charge in [0.2, 0.25) is 0 Å². The highest BCUT2D eigenvalue weighted by Crippen LogP contribution is 2.37. The highest BCUT2D eigenvalue weighted by atomic mass is 16.1. The first-order chi connectivity index (χ1) is 12.6. The van der Waals surface area contributed by atoms with E-state index in [2.05, 4.69) is 31.2 Å². The number of carbonyl (C=O) groups is 2. The highest BCUT2D eigenvalue weighted by Gasteiger charge is 2.21. The smallest absolute Gasteiger partial charge is 0.170 e. The van der Waals surface area contributed by atoms with Crippen LogP contribution in [0, 0.1) is 5.92 Å². The van der Waals surface area contributed by atoms with E-state index in [1.54, 1.807) is 0 Å². The zero-order chi connectivity index (χ0) is 18.5. The molecule has 0 aromatic heterocycles. The molecule has 0 spiro atoms. The summed E-state index contributed by atoms with van der Waals surface area (Å²) in [5.41, 5.74) is 4.33. The van der Waals surface area contributed by atoms with Crippen LogP contribution in [-0.4, -0.2) is 11.6 Å². The fourth-order valence-corrected chi connectivity index (χ4v) is 4.03. The van der Waals surface area contributed by atoms with Gasteiger partial charge in [0.05, 0.1) is 6.42 Å². The standard InChI is InChI=1S/C24H28O2/c1-3-18-4-6-19(7-5-18)20-8-10-21(11-9-20)22-12-14-23(15-13-22)24(26)16-17(2)25/h8-15,18-19H,3-7,16H2,1-2H3. The Balaban J connectivity index is 1.67. The van der Waals surface area contributed by atoms with Crippen molar-refractivity contribution >= 4 is 11.6 Å². The average molecular weight is 348 g/mol. The Kier molecular flexibility index (Phi) is 6.03. The molecule has 26 heavy (non-hydrogen) atoms. The van der Waals surface area contributed by atoms with E-state index < -0.39 is 0 Å². The Labute approximate surface area is 156 Å². The molecule has 0 aliphatic heterocycles. The highest BCUT2D eigenvalue weighted by molar-refractivity contribution is 6.07. The number of carbonyl (C=O) groups excluding carboxylic acids is 2. The van der Waals surface area contributed by atoms with Crippen LogP contribution in [-0.2, 0) is 4.79 Å². The summed E-state index contributed by atoms with van der Waals surface area (Å²) in [4.78, 5) is 23.0. The van der Waals surface area contributed by atoms with E-state index in [1.807, 2.05) is 24.3 Å². The van der Waals surface area contributed by atoms with Gasteiger partial charge in [0.15, 0.2) is 5.78 Å². The first kappa shape index (κ1) is 18.6. The lowest BCUT2D eigenvalue weighted by atomic mass is 9.77. The fraction of sp³-hybridized carbons (Fsp3) is 0.417. The molecule has 0 radical (unpaired) electrons. The summed E-state index contributed by atoms with van der Waals surface area (Å²) in [5, 5.41) is 0. The fourth-order valence-electron chi connectivity index (χ4n) is 4.03. The molecule has 1 saturated carbocycles. The van der Waals surface area contributed by atoms with E-state index in [-0.39, 0.29) is 18.0 Å². The molecule has 0 heterocycles. The molecule has 0 saturated heterocycles. The largest absolute Gasteiger partial charge is 0.300 e. The number of rotatable bonds is 6. The minimum absolute atomic E-state index is 0.0195. The number of hydrogen-bond acceptors (Lipinski definition) is 2. The molecule has 1 aliphatic rings. The molecule has 0 N–H and O–H groups in total. The maximum atomic E-state index is 11.9. The van der Waals surface area contributed by atoms with Crippen LogP contribution in [0.3, 0.4) is 0 Å². The minimum atomic E-state index is -0.109. The number of hydrogen-bond donors (Lipinski definition) is 0. The predicted molar refractivity (Wildman–Crippen MR) is 106 cm³/mol. The van der Waals surface area contributed by atoms with E-state index in [9.17, 15) is 9.59 Å². The summed E-state index contributed by atoms with van der Waals surface area (Å²) in [5.74, 6) is 1.43. The Morgan fingerprint density at radius 3 is 1.88 bits per heavy atom. The topological polar surface area (TPSA) is 34.1 Å². The van der Waals surface area contributed by atoms with Crippen LogP contribution in [0.5, 0.6) is 0 Å². The summed E-state index contributed by atoms with van der Waals surface area (Å²) in [6.07, 6.45) is 6.64. The van der Waals surface area contributed by atoms with E-state index in [4.69, 9.17) is 0 Å². The lowest BCUT2D eigenvalue weighted by Gasteiger charge is -2.28. The summed E-state index contributed by atoms with van der Waals surface area (Å²) < 4.78 is 0. The molecule has 2 heteroatoms. The zero-order valence-electron chi connectivity index (χ0n) is 15.8. The molecule has 1 fully saturated rings. The van der Waals surface area contributed by atoms with Crippen molar-refractivity contribution in [3.8, 4) is 11.1 Å². The van der Waals surface area contributed by atoms with Crippen LogP contribution in [0.15, 0.2) is 48.5 Å². The molecule has 136 valence electrons. The van der Waals surface area contributed by atoms with Gasteiger partial charge in [-0.05, 0) is 61.1 Å². The van der Waals surface area contributed by atoms with Crippen molar-refractivity contribution in [1.82, 2.24) is 0 Å². The molecule has 0 amide bonds. The Bertz CT molecular complexity index is 748. The maximum Gasteiger partial charge on any atom is 0.170 e. The summed E-state index contributed by atoms with van der Waals surface area (Å²) in [6.45, 7) is 3.75. The quantitative estimate of drug-likeness (QED) is 0.460. The summed E-state index contributed by atoms with van der Waals surface area (Å²) in [7, 11) is 0. The van der Waals surface area contributed by atoms with Gasteiger partial charge in [-0.2, -0.15) is 0 Å². The number of benzene rings is 2. The van der Waals surface area contributed by atoms with E-state index in [0.717, 1.165) is 11.5 Å². The zero-order valence-corrected chi connectivity index (χ0v) is 15.8. The van der Waals surface area contributed by atoms with Crippen LogP contribution in [0.4, 0.5) is 0 Å². The molecular weight excluding hydrogens is 320 g/mol. The maximum absolute atomic E-state index is 11.9. The number of Topliss-reactive ketones (excluding diaryl/α,β-unsaturated/α-hetero) is 2. The monoisotopic (exact) mass is 348 g/mol. The molecular formula is C24H28O2. The lowest BCUT2D eigenvalue weighted by molar-refractivity contribution is -0.116. The summed E-state index contributed by atoms with van der Waals surface area (Å²) in [6, 6.07) is 16.5. The Morgan fingerprint density at radius 1 is 0.846 bits per heavy atom. The molecule has 0 unspecified atom stereocenters. The molecule has 2 nitrogen and oxygen atoms in total. The SMILES string of the molecule is CCC1CCC(c2ccc(-c3ccc(C(=O)CC(C)=O)cc3)cc2)CC1. The first-order valence-electron chi connectivity index (χ1n) is 9.80. The third-order valence-electron chi connectivity index (χ3n) is 5.76. The molecule has 2 aromatic rings. The molecule has 1 aliphatic carbocycles. The lowest BCUT2D eigenvalue weighted by Crippen LogP contribution is -2.12. The van der Waals surface area contributed by atoms with Crippen molar-refractivity contribution in [2.24, 2.45) is 5.92 Å². The van der Waals surface area contributed by atoms with Gasteiger partial charge in [-0.25, -0.2) is 0 Å². The van der Waals surface area contributed by atoms with Crippen LogP contribution >= 0.6 is 0 Å². The second-order valence-corrected chi connectivity index (χ2v) is 7.63. The average Bonchev–Trinajstić information content (AvgIpc) is 2.68. The van der Waals surface area contributed by atoms with Crippen molar-refractivity contribution in [3.63, 3.8) is 0 Å². The number of ketones is 2. The third kappa shape index (κ3) is 4.49. The second-order valence-electron chi connectivity index (χ2n) is 7.63. The van der Waals surface area contributed by atoms with Gasteiger partial charge in [0.1, 0.15) is 5.78 Å². The van der Waals surface area contributed by atoms with Crippen molar-refractivity contribution in [2.75, 3.05) is 0 Å². The summed E-state index contributed by atoms with van der Waals surface area (Å²) >= 11 is 0. The van der Waals surface area contributed by atoms with Gasteiger partial charge >= 0.3 is 0 Å². The van der Waals surface area contributed by atoms with Gasteiger partial charge in [-0.1, -0.05) is 61.9 Å². The van der Waals surface area contributed by atoms with Crippen molar-refractivity contribution < 1.29 is 9.59 Å².